The van der Waals surface area contributed by atoms with E-state index in [0.717, 1.165) is 18.7 Å². The van der Waals surface area contributed by atoms with Crippen LogP contribution in [0.2, 0.25) is 0 Å². The van der Waals surface area contributed by atoms with E-state index in [4.69, 9.17) is 11.1 Å². The summed E-state index contributed by atoms with van der Waals surface area (Å²) in [6.07, 6.45) is 1.57. The average Bonchev–Trinajstić information content (AvgIpc) is 2.14. The molecule has 1 aromatic rings. The minimum Gasteiger partial charge on any atom is -0.388 e. The van der Waals surface area contributed by atoms with Gasteiger partial charge in [0, 0.05) is 18.7 Å². The molecule has 13 heavy (non-hydrogen) atoms. The average molecular weight is 177 g/mol. The third kappa shape index (κ3) is 4.15. The Kier molecular flexibility index (Phi) is 3.82. The van der Waals surface area contributed by atoms with Gasteiger partial charge in [0.05, 0.1) is 5.84 Å². The molecule has 0 radical (unpaired) electrons. The largest absolute Gasteiger partial charge is 0.388 e. The van der Waals surface area contributed by atoms with Gasteiger partial charge in [0.2, 0.25) is 0 Å². The van der Waals surface area contributed by atoms with Crippen molar-refractivity contribution >= 4 is 11.5 Å². The zero-order valence-corrected chi connectivity index (χ0v) is 7.59. The van der Waals surface area contributed by atoms with E-state index in [1.54, 1.807) is 0 Å². The second-order valence-corrected chi connectivity index (χ2v) is 2.92. The normalized spacial score (nSPS) is 9.54. The molecule has 0 aromatic heterocycles. The molecule has 3 nitrogen and oxygen atoms in total. The number of rotatable bonds is 5. The van der Waals surface area contributed by atoms with Gasteiger partial charge < -0.3 is 11.1 Å². The summed E-state index contributed by atoms with van der Waals surface area (Å²) in [5, 5.41) is 10.3. The van der Waals surface area contributed by atoms with Crippen LogP contribution < -0.4 is 11.1 Å². The molecule has 0 saturated carbocycles. The molecule has 0 unspecified atom stereocenters. The van der Waals surface area contributed by atoms with E-state index in [-0.39, 0.29) is 5.84 Å². The summed E-state index contributed by atoms with van der Waals surface area (Å²) in [4.78, 5) is 0. The summed E-state index contributed by atoms with van der Waals surface area (Å²) in [5.41, 5.74) is 6.34. The van der Waals surface area contributed by atoms with Crippen LogP contribution in [0.4, 0.5) is 5.69 Å². The van der Waals surface area contributed by atoms with Crippen LogP contribution in [-0.2, 0) is 0 Å². The smallest absolute Gasteiger partial charge is 0.0905 e. The van der Waals surface area contributed by atoms with Crippen LogP contribution in [0.5, 0.6) is 0 Å². The second-order valence-electron chi connectivity index (χ2n) is 2.92. The fraction of sp³-hybridized carbons (Fsp3) is 0.300. The molecule has 0 amide bonds. The van der Waals surface area contributed by atoms with Crippen molar-refractivity contribution in [2.24, 2.45) is 5.73 Å². The van der Waals surface area contributed by atoms with Gasteiger partial charge in [0.1, 0.15) is 0 Å². The van der Waals surface area contributed by atoms with E-state index < -0.39 is 0 Å². The van der Waals surface area contributed by atoms with E-state index in [2.05, 4.69) is 5.32 Å². The quantitative estimate of drug-likeness (QED) is 0.365. The first kappa shape index (κ1) is 9.58. The molecule has 1 rings (SSSR count). The van der Waals surface area contributed by atoms with Crippen molar-refractivity contribution in [2.75, 3.05) is 11.9 Å². The Bertz CT molecular complexity index is 256. The maximum atomic E-state index is 7.03. The van der Waals surface area contributed by atoms with Crippen LogP contribution >= 0.6 is 0 Å². The van der Waals surface area contributed by atoms with Crippen molar-refractivity contribution < 1.29 is 0 Å². The Balaban J connectivity index is 2.17. The summed E-state index contributed by atoms with van der Waals surface area (Å²) in [6, 6.07) is 10.0. The fourth-order valence-electron chi connectivity index (χ4n) is 1.07. The lowest BCUT2D eigenvalue weighted by Gasteiger charge is -2.04. The molecule has 0 bridgehead atoms. The predicted octanol–water partition coefficient (Wildman–Crippen LogP) is 1.81. The van der Waals surface area contributed by atoms with Gasteiger partial charge in [-0.05, 0) is 18.6 Å². The number of para-hydroxylation sites is 1. The van der Waals surface area contributed by atoms with E-state index in [1.165, 1.54) is 0 Å². The van der Waals surface area contributed by atoms with E-state index in [9.17, 15) is 0 Å². The molecule has 0 aliphatic carbocycles. The number of benzene rings is 1. The highest BCUT2D eigenvalue weighted by Crippen LogP contribution is 2.04. The molecule has 0 heterocycles. The van der Waals surface area contributed by atoms with Gasteiger partial charge in [-0.25, -0.2) is 0 Å². The lowest BCUT2D eigenvalue weighted by molar-refractivity contribution is 0.904. The van der Waals surface area contributed by atoms with Gasteiger partial charge in [0.25, 0.3) is 0 Å². The molecule has 0 fully saturated rings. The lowest BCUT2D eigenvalue weighted by Crippen LogP contribution is -2.11. The highest BCUT2D eigenvalue weighted by molar-refractivity contribution is 5.76. The van der Waals surface area contributed by atoms with Crippen molar-refractivity contribution in [2.45, 2.75) is 12.8 Å². The van der Waals surface area contributed by atoms with Crippen LogP contribution in [0.1, 0.15) is 12.8 Å². The number of hydrogen-bond acceptors (Lipinski definition) is 2. The van der Waals surface area contributed by atoms with Crippen LogP contribution in [0.3, 0.4) is 0 Å². The maximum absolute atomic E-state index is 7.03. The number of hydrogen-bond donors (Lipinski definition) is 3. The van der Waals surface area contributed by atoms with Gasteiger partial charge in [-0.1, -0.05) is 18.2 Å². The first-order chi connectivity index (χ1) is 6.29. The third-order valence-corrected chi connectivity index (χ3v) is 1.73. The van der Waals surface area contributed by atoms with Crippen molar-refractivity contribution in [3.05, 3.63) is 30.3 Å². The number of amidine groups is 1. The highest BCUT2D eigenvalue weighted by atomic mass is 14.9. The zero-order valence-electron chi connectivity index (χ0n) is 7.59. The zero-order chi connectivity index (χ0) is 9.52. The van der Waals surface area contributed by atoms with Gasteiger partial charge >= 0.3 is 0 Å². The van der Waals surface area contributed by atoms with Gasteiger partial charge in [-0.15, -0.1) is 0 Å². The minimum atomic E-state index is 0.259. The predicted molar refractivity (Wildman–Crippen MR) is 56.1 cm³/mol. The van der Waals surface area contributed by atoms with Gasteiger partial charge in [0.15, 0.2) is 0 Å². The Morgan fingerprint density at radius 3 is 2.62 bits per heavy atom. The summed E-state index contributed by atoms with van der Waals surface area (Å²) in [7, 11) is 0. The molecule has 0 spiro atoms. The number of nitrogens with one attached hydrogen (secondary N) is 2. The van der Waals surface area contributed by atoms with Crippen LogP contribution in [0.25, 0.3) is 0 Å². The number of anilines is 1. The SMILES string of the molecule is N=C(N)CCCNc1ccccc1. The van der Waals surface area contributed by atoms with E-state index in [0.29, 0.717) is 6.42 Å². The third-order valence-electron chi connectivity index (χ3n) is 1.73. The second kappa shape index (κ2) is 5.19. The monoisotopic (exact) mass is 177 g/mol. The number of nitrogens with two attached hydrogens (primary N) is 1. The van der Waals surface area contributed by atoms with Crippen molar-refractivity contribution in [1.29, 1.82) is 5.41 Å². The standard InChI is InChI=1S/C10H15N3/c11-10(12)7-4-8-13-9-5-2-1-3-6-9/h1-3,5-6,13H,4,7-8H2,(H3,11,12). The van der Waals surface area contributed by atoms with Crippen molar-refractivity contribution in [3.63, 3.8) is 0 Å². The summed E-state index contributed by atoms with van der Waals surface area (Å²) < 4.78 is 0. The molecular formula is C10H15N3. The van der Waals surface area contributed by atoms with Crippen molar-refractivity contribution in [3.8, 4) is 0 Å². The van der Waals surface area contributed by atoms with Crippen LogP contribution in [-0.4, -0.2) is 12.4 Å². The highest BCUT2D eigenvalue weighted by Gasteiger charge is 1.91. The molecule has 70 valence electrons. The fourth-order valence-corrected chi connectivity index (χ4v) is 1.07. The minimum absolute atomic E-state index is 0.259. The molecular weight excluding hydrogens is 162 g/mol. The van der Waals surface area contributed by atoms with E-state index >= 15 is 0 Å². The first-order valence-corrected chi connectivity index (χ1v) is 4.41. The Morgan fingerprint density at radius 2 is 2.00 bits per heavy atom. The molecule has 3 heteroatoms. The molecule has 0 aliphatic rings. The molecule has 0 aliphatic heterocycles. The molecule has 0 atom stereocenters. The lowest BCUT2D eigenvalue weighted by atomic mass is 10.2. The first-order valence-electron chi connectivity index (χ1n) is 4.41. The summed E-state index contributed by atoms with van der Waals surface area (Å²) in [5.74, 6) is 0.259. The van der Waals surface area contributed by atoms with Gasteiger partial charge in [-0.2, -0.15) is 0 Å². The van der Waals surface area contributed by atoms with Crippen molar-refractivity contribution in [1.82, 2.24) is 0 Å². The Morgan fingerprint density at radius 1 is 1.31 bits per heavy atom. The molecule has 4 N–H and O–H groups in total. The Hall–Kier alpha value is -1.51. The van der Waals surface area contributed by atoms with Crippen LogP contribution in [0.15, 0.2) is 30.3 Å². The molecule has 1 aromatic carbocycles. The summed E-state index contributed by atoms with van der Waals surface area (Å²) >= 11 is 0. The summed E-state index contributed by atoms with van der Waals surface area (Å²) in [6.45, 7) is 0.865. The Labute approximate surface area is 78.5 Å². The molecule has 0 saturated heterocycles. The van der Waals surface area contributed by atoms with E-state index in [1.807, 2.05) is 30.3 Å². The maximum Gasteiger partial charge on any atom is 0.0905 e. The van der Waals surface area contributed by atoms with Crippen LogP contribution in [0, 0.1) is 5.41 Å². The topological polar surface area (TPSA) is 61.9 Å². The van der Waals surface area contributed by atoms with Gasteiger partial charge in [-0.3, -0.25) is 5.41 Å².